The van der Waals surface area contributed by atoms with Crippen LogP contribution in [0.25, 0.3) is 0 Å². The molecular weight excluding hydrogens is 420 g/mol. The monoisotopic (exact) mass is 446 g/mol. The van der Waals surface area contributed by atoms with Crippen LogP contribution >= 0.6 is 11.3 Å². The number of nitrogens with one attached hydrogen (secondary N) is 2. The Bertz CT molecular complexity index is 954. The minimum atomic E-state index is -0.637. The lowest BCUT2D eigenvalue weighted by Gasteiger charge is -2.17. The van der Waals surface area contributed by atoms with Crippen LogP contribution in [0.4, 0.5) is 5.00 Å². The Hall–Kier alpha value is -3.20. The average Bonchev–Trinajstić information content (AvgIpc) is 2.99. The van der Waals surface area contributed by atoms with E-state index in [2.05, 4.69) is 10.6 Å². The summed E-state index contributed by atoms with van der Waals surface area (Å²) in [6.45, 7) is 6.38. The zero-order valence-electron chi connectivity index (χ0n) is 17.9. The van der Waals surface area contributed by atoms with Gasteiger partial charge >= 0.3 is 11.9 Å². The summed E-state index contributed by atoms with van der Waals surface area (Å²) in [6.07, 6.45) is -0.123. The van der Waals surface area contributed by atoms with E-state index in [-0.39, 0.29) is 18.9 Å². The van der Waals surface area contributed by atoms with Crippen LogP contribution in [0.1, 0.15) is 52.7 Å². The highest BCUT2D eigenvalue weighted by Gasteiger charge is 2.23. The number of amides is 2. The number of hydrogen-bond acceptors (Lipinski definition) is 7. The first kappa shape index (κ1) is 24.1. The Labute approximate surface area is 184 Å². The zero-order valence-corrected chi connectivity index (χ0v) is 18.8. The van der Waals surface area contributed by atoms with E-state index in [9.17, 15) is 19.2 Å². The summed E-state index contributed by atoms with van der Waals surface area (Å²) in [7, 11) is 0. The number of carbonyl (C=O) groups excluding carboxylic acids is 4. The Morgan fingerprint density at radius 3 is 2.35 bits per heavy atom. The third kappa shape index (κ3) is 6.92. The van der Waals surface area contributed by atoms with Crippen molar-refractivity contribution >= 4 is 40.1 Å². The lowest BCUT2D eigenvalue weighted by Crippen LogP contribution is -2.29. The highest BCUT2D eigenvalue weighted by Crippen LogP contribution is 2.33. The van der Waals surface area contributed by atoms with Gasteiger partial charge in [-0.05, 0) is 31.9 Å². The van der Waals surface area contributed by atoms with Gasteiger partial charge in [0.25, 0.3) is 5.91 Å². The minimum absolute atomic E-state index is 0.123. The number of hydrogen-bond donors (Lipinski definition) is 2. The van der Waals surface area contributed by atoms with E-state index in [1.54, 1.807) is 38.1 Å². The molecule has 0 spiro atoms. The Kier molecular flexibility index (Phi) is 8.75. The molecule has 0 unspecified atom stereocenters. The first-order valence-corrected chi connectivity index (χ1v) is 10.6. The van der Waals surface area contributed by atoms with Gasteiger partial charge in [0.05, 0.1) is 24.6 Å². The van der Waals surface area contributed by atoms with Crippen LogP contribution < -0.4 is 10.6 Å². The van der Waals surface area contributed by atoms with Crippen molar-refractivity contribution in [3.63, 3.8) is 0 Å². The molecule has 0 fully saturated rings. The van der Waals surface area contributed by atoms with Gasteiger partial charge in [0, 0.05) is 11.8 Å². The van der Waals surface area contributed by atoms with Gasteiger partial charge in [-0.15, -0.1) is 11.3 Å². The number of thiophene rings is 1. The molecule has 2 N–H and O–H groups in total. The number of rotatable bonds is 9. The molecule has 0 aliphatic rings. The molecular formula is C22H26N2O6S. The number of ether oxygens (including phenoxy) is 2. The van der Waals surface area contributed by atoms with E-state index in [1.807, 2.05) is 13.0 Å². The van der Waals surface area contributed by atoms with Crippen molar-refractivity contribution in [3.05, 3.63) is 51.9 Å². The van der Waals surface area contributed by atoms with E-state index >= 15 is 0 Å². The molecule has 1 heterocycles. The van der Waals surface area contributed by atoms with Gasteiger partial charge in [-0.25, -0.2) is 4.79 Å². The smallest absolute Gasteiger partial charge is 0.341 e. The second-order valence-electron chi connectivity index (χ2n) is 6.78. The van der Waals surface area contributed by atoms with E-state index in [0.29, 0.717) is 10.6 Å². The standard InChI is InChI=1S/C22H26N2O6S/c1-5-29-22(28)20-13(2)14(3)31-21(20)24-18(26)12-30-19(27)11-17(23-15(4)25)16-9-7-6-8-10-16/h6-10,17H,5,11-12H2,1-4H3,(H,23,25)(H,24,26)/t17-/m0/s1. The molecule has 0 radical (unpaired) electrons. The maximum atomic E-state index is 12.3. The molecule has 166 valence electrons. The highest BCUT2D eigenvalue weighted by atomic mass is 32.1. The summed E-state index contributed by atoms with van der Waals surface area (Å²) in [6, 6.07) is 8.45. The molecule has 0 saturated carbocycles. The van der Waals surface area contributed by atoms with E-state index in [1.165, 1.54) is 18.3 Å². The molecule has 0 bridgehead atoms. The van der Waals surface area contributed by atoms with Gasteiger partial charge in [0.1, 0.15) is 5.00 Å². The summed E-state index contributed by atoms with van der Waals surface area (Å²) in [5.74, 6) is -2.01. The molecule has 1 aromatic carbocycles. The quantitative estimate of drug-likeness (QED) is 0.572. The van der Waals surface area contributed by atoms with Gasteiger partial charge in [-0.1, -0.05) is 30.3 Å². The summed E-state index contributed by atoms with van der Waals surface area (Å²) in [5, 5.41) is 5.68. The van der Waals surface area contributed by atoms with Crippen molar-refractivity contribution in [1.82, 2.24) is 5.32 Å². The first-order valence-electron chi connectivity index (χ1n) is 9.77. The van der Waals surface area contributed by atoms with Crippen molar-refractivity contribution in [1.29, 1.82) is 0 Å². The molecule has 8 nitrogen and oxygen atoms in total. The molecule has 0 aliphatic carbocycles. The van der Waals surface area contributed by atoms with Gasteiger partial charge in [-0.3, -0.25) is 14.4 Å². The SMILES string of the molecule is CCOC(=O)c1c(NC(=O)COC(=O)C[C@H](NC(C)=O)c2ccccc2)sc(C)c1C. The predicted octanol–water partition coefficient (Wildman–Crippen LogP) is 3.29. The van der Waals surface area contributed by atoms with Crippen molar-refractivity contribution < 1.29 is 28.7 Å². The largest absolute Gasteiger partial charge is 0.462 e. The van der Waals surface area contributed by atoms with Crippen LogP contribution in [-0.2, 0) is 23.9 Å². The van der Waals surface area contributed by atoms with Crippen LogP contribution in [0.5, 0.6) is 0 Å². The number of aryl methyl sites for hydroxylation is 1. The summed E-state index contributed by atoms with van der Waals surface area (Å²) in [4.78, 5) is 49.1. The molecule has 9 heteroatoms. The Morgan fingerprint density at radius 2 is 1.74 bits per heavy atom. The fraction of sp³-hybridized carbons (Fsp3) is 0.364. The number of anilines is 1. The Morgan fingerprint density at radius 1 is 1.06 bits per heavy atom. The van der Waals surface area contributed by atoms with E-state index in [4.69, 9.17) is 9.47 Å². The number of carbonyl (C=O) groups is 4. The maximum Gasteiger partial charge on any atom is 0.341 e. The van der Waals surface area contributed by atoms with Crippen LogP contribution in [0, 0.1) is 13.8 Å². The van der Waals surface area contributed by atoms with Crippen LogP contribution in [0.2, 0.25) is 0 Å². The minimum Gasteiger partial charge on any atom is -0.462 e. The van der Waals surface area contributed by atoms with E-state index < -0.39 is 30.5 Å². The molecule has 1 aromatic heterocycles. The predicted molar refractivity (Wildman–Crippen MR) is 117 cm³/mol. The molecule has 1 atom stereocenters. The number of esters is 2. The molecule has 0 aliphatic heterocycles. The number of benzene rings is 1. The Balaban J connectivity index is 1.98. The fourth-order valence-electron chi connectivity index (χ4n) is 2.88. The summed E-state index contributed by atoms with van der Waals surface area (Å²) in [5.41, 5.74) is 1.79. The lowest BCUT2D eigenvalue weighted by atomic mass is 10.0. The average molecular weight is 447 g/mol. The zero-order chi connectivity index (χ0) is 23.0. The normalized spacial score (nSPS) is 11.4. The summed E-state index contributed by atoms with van der Waals surface area (Å²) < 4.78 is 10.1. The fourth-order valence-corrected chi connectivity index (χ4v) is 3.95. The van der Waals surface area contributed by atoms with Gasteiger partial charge in [0.15, 0.2) is 6.61 Å². The third-order valence-electron chi connectivity index (χ3n) is 4.43. The van der Waals surface area contributed by atoms with Gasteiger partial charge in [0.2, 0.25) is 5.91 Å². The van der Waals surface area contributed by atoms with Crippen molar-refractivity contribution in [2.45, 2.75) is 40.2 Å². The topological polar surface area (TPSA) is 111 Å². The van der Waals surface area contributed by atoms with Crippen molar-refractivity contribution in [3.8, 4) is 0 Å². The maximum absolute atomic E-state index is 12.3. The lowest BCUT2D eigenvalue weighted by molar-refractivity contribution is -0.148. The van der Waals surface area contributed by atoms with Crippen LogP contribution in [0.15, 0.2) is 30.3 Å². The van der Waals surface area contributed by atoms with Crippen molar-refractivity contribution in [2.24, 2.45) is 0 Å². The molecule has 2 aromatic rings. The third-order valence-corrected chi connectivity index (χ3v) is 5.55. The summed E-state index contributed by atoms with van der Waals surface area (Å²) >= 11 is 1.25. The second-order valence-corrected chi connectivity index (χ2v) is 8.01. The second kappa shape index (κ2) is 11.3. The molecule has 0 saturated heterocycles. The van der Waals surface area contributed by atoms with Gasteiger partial charge in [-0.2, -0.15) is 0 Å². The van der Waals surface area contributed by atoms with Crippen molar-refractivity contribution in [2.75, 3.05) is 18.5 Å². The highest BCUT2D eigenvalue weighted by molar-refractivity contribution is 7.16. The van der Waals surface area contributed by atoms with Gasteiger partial charge < -0.3 is 20.1 Å². The van der Waals surface area contributed by atoms with Crippen LogP contribution in [-0.4, -0.2) is 37.0 Å². The van der Waals surface area contributed by atoms with E-state index in [0.717, 1.165) is 16.0 Å². The molecule has 2 amide bonds. The first-order chi connectivity index (χ1) is 14.7. The molecule has 2 rings (SSSR count). The van der Waals surface area contributed by atoms with Crippen LogP contribution in [0.3, 0.4) is 0 Å². The molecule has 31 heavy (non-hydrogen) atoms.